The van der Waals surface area contributed by atoms with Crippen molar-refractivity contribution in [3.63, 3.8) is 0 Å². The predicted molar refractivity (Wildman–Crippen MR) is 87.5 cm³/mol. The lowest BCUT2D eigenvalue weighted by Gasteiger charge is -2.16. The third-order valence-electron chi connectivity index (χ3n) is 3.48. The lowest BCUT2D eigenvalue weighted by Crippen LogP contribution is -2.15. The fourth-order valence-corrected chi connectivity index (χ4v) is 2.25. The summed E-state index contributed by atoms with van der Waals surface area (Å²) >= 11 is 0. The Kier molecular flexibility index (Phi) is 4.60. The number of para-hydroxylation sites is 1. The molecule has 0 radical (unpaired) electrons. The number of aryl methyl sites for hydroxylation is 1. The zero-order valence-corrected chi connectivity index (χ0v) is 12.6. The summed E-state index contributed by atoms with van der Waals surface area (Å²) < 4.78 is 0. The number of benzene rings is 2. The number of hydrogen-bond acceptors (Lipinski definition) is 3. The van der Waals surface area contributed by atoms with Gasteiger partial charge in [-0.15, -0.1) is 0 Å². The molecule has 2 rings (SSSR count). The molecule has 0 saturated heterocycles. The van der Waals surface area contributed by atoms with E-state index in [4.69, 9.17) is 5.84 Å². The molecule has 4 nitrogen and oxygen atoms in total. The molecular weight excluding hydrogens is 262 g/mol. The van der Waals surface area contributed by atoms with Crippen molar-refractivity contribution in [2.75, 3.05) is 10.7 Å². The standard InChI is InChI=1S/C17H21N3O/c1-11(2)15-6-4-5-12(3)16(15)19-17(21)13-7-9-14(20-18)10-8-13/h4-11,20H,18H2,1-3H3,(H,19,21). The Bertz CT molecular complexity index is 633. The molecule has 2 aromatic carbocycles. The van der Waals surface area contributed by atoms with Crippen LogP contribution in [0.15, 0.2) is 42.5 Å². The van der Waals surface area contributed by atoms with Gasteiger partial charge in [-0.3, -0.25) is 10.6 Å². The van der Waals surface area contributed by atoms with Gasteiger partial charge in [0.2, 0.25) is 0 Å². The number of rotatable bonds is 4. The van der Waals surface area contributed by atoms with Gasteiger partial charge in [0.1, 0.15) is 0 Å². The van der Waals surface area contributed by atoms with Gasteiger partial charge in [-0.1, -0.05) is 32.0 Å². The van der Waals surface area contributed by atoms with E-state index in [1.165, 1.54) is 0 Å². The third-order valence-corrected chi connectivity index (χ3v) is 3.48. The molecule has 0 fully saturated rings. The average molecular weight is 283 g/mol. The number of carbonyl (C=O) groups is 1. The van der Waals surface area contributed by atoms with Crippen molar-refractivity contribution in [1.29, 1.82) is 0 Å². The summed E-state index contributed by atoms with van der Waals surface area (Å²) in [4.78, 5) is 12.4. The molecule has 4 heteroatoms. The Balaban J connectivity index is 2.26. The number of hydrazine groups is 1. The summed E-state index contributed by atoms with van der Waals surface area (Å²) in [5.41, 5.74) is 7.02. The van der Waals surface area contributed by atoms with Gasteiger partial charge in [0, 0.05) is 16.9 Å². The van der Waals surface area contributed by atoms with Crippen molar-refractivity contribution in [1.82, 2.24) is 0 Å². The summed E-state index contributed by atoms with van der Waals surface area (Å²) in [5.74, 6) is 5.56. The topological polar surface area (TPSA) is 67.2 Å². The maximum absolute atomic E-state index is 12.4. The van der Waals surface area contributed by atoms with E-state index in [2.05, 4.69) is 30.7 Å². The first kappa shape index (κ1) is 15.1. The molecule has 0 aliphatic heterocycles. The Labute approximate surface area is 125 Å². The molecule has 0 aliphatic carbocycles. The van der Waals surface area contributed by atoms with Gasteiger partial charge in [-0.2, -0.15) is 0 Å². The van der Waals surface area contributed by atoms with Crippen LogP contribution in [0.3, 0.4) is 0 Å². The normalized spacial score (nSPS) is 10.5. The van der Waals surface area contributed by atoms with Crippen molar-refractivity contribution in [3.05, 3.63) is 59.2 Å². The molecular formula is C17H21N3O. The molecule has 110 valence electrons. The molecule has 21 heavy (non-hydrogen) atoms. The number of nitrogen functional groups attached to an aromatic ring is 1. The van der Waals surface area contributed by atoms with Crippen molar-refractivity contribution in [2.45, 2.75) is 26.7 Å². The number of anilines is 2. The van der Waals surface area contributed by atoms with Crippen LogP contribution in [0, 0.1) is 6.92 Å². The second kappa shape index (κ2) is 6.41. The minimum Gasteiger partial charge on any atom is -0.324 e. The first-order chi connectivity index (χ1) is 10.0. The van der Waals surface area contributed by atoms with Crippen molar-refractivity contribution in [2.24, 2.45) is 5.84 Å². The molecule has 0 heterocycles. The van der Waals surface area contributed by atoms with E-state index in [9.17, 15) is 4.79 Å². The molecule has 0 aromatic heterocycles. The molecule has 0 atom stereocenters. The van der Waals surface area contributed by atoms with Crippen LogP contribution in [0.2, 0.25) is 0 Å². The van der Waals surface area contributed by atoms with Crippen LogP contribution >= 0.6 is 0 Å². The highest BCUT2D eigenvalue weighted by molar-refractivity contribution is 6.05. The summed E-state index contributed by atoms with van der Waals surface area (Å²) in [6.45, 7) is 6.24. The molecule has 0 unspecified atom stereocenters. The highest BCUT2D eigenvalue weighted by atomic mass is 16.1. The van der Waals surface area contributed by atoms with Crippen molar-refractivity contribution in [3.8, 4) is 0 Å². The maximum Gasteiger partial charge on any atom is 0.255 e. The largest absolute Gasteiger partial charge is 0.324 e. The van der Waals surface area contributed by atoms with Crippen LogP contribution in [-0.4, -0.2) is 5.91 Å². The van der Waals surface area contributed by atoms with Gasteiger partial charge in [0.15, 0.2) is 0 Å². The SMILES string of the molecule is Cc1cccc(C(C)C)c1NC(=O)c1ccc(NN)cc1. The highest BCUT2D eigenvalue weighted by Crippen LogP contribution is 2.27. The summed E-state index contributed by atoms with van der Waals surface area (Å²) in [6, 6.07) is 13.1. The summed E-state index contributed by atoms with van der Waals surface area (Å²) in [7, 11) is 0. The Hall–Kier alpha value is -2.33. The second-order valence-corrected chi connectivity index (χ2v) is 5.37. The number of carbonyl (C=O) groups excluding carboxylic acids is 1. The van der Waals surface area contributed by atoms with Gasteiger partial charge in [0.25, 0.3) is 5.91 Å². The van der Waals surface area contributed by atoms with Gasteiger partial charge in [-0.05, 0) is 48.2 Å². The molecule has 2 aromatic rings. The van der Waals surface area contributed by atoms with Crippen LogP contribution in [0.1, 0.15) is 41.3 Å². The van der Waals surface area contributed by atoms with E-state index in [-0.39, 0.29) is 5.91 Å². The summed E-state index contributed by atoms with van der Waals surface area (Å²) in [5, 5.41) is 3.02. The maximum atomic E-state index is 12.4. The van der Waals surface area contributed by atoms with Crippen LogP contribution < -0.4 is 16.6 Å². The van der Waals surface area contributed by atoms with Gasteiger partial charge in [0.05, 0.1) is 0 Å². The van der Waals surface area contributed by atoms with Gasteiger partial charge >= 0.3 is 0 Å². The van der Waals surface area contributed by atoms with Gasteiger partial charge < -0.3 is 10.7 Å². The Morgan fingerprint density at radius 1 is 1.10 bits per heavy atom. The smallest absolute Gasteiger partial charge is 0.255 e. The first-order valence-corrected chi connectivity index (χ1v) is 7.00. The molecule has 0 saturated carbocycles. The van der Waals surface area contributed by atoms with E-state index in [0.717, 1.165) is 22.5 Å². The predicted octanol–water partition coefficient (Wildman–Crippen LogP) is 3.66. The number of amides is 1. The molecule has 1 amide bonds. The van der Waals surface area contributed by atoms with E-state index < -0.39 is 0 Å². The van der Waals surface area contributed by atoms with Crippen LogP contribution in [0.4, 0.5) is 11.4 Å². The van der Waals surface area contributed by atoms with E-state index in [1.807, 2.05) is 19.1 Å². The minimum atomic E-state index is -0.116. The summed E-state index contributed by atoms with van der Waals surface area (Å²) in [6.07, 6.45) is 0. The quantitative estimate of drug-likeness (QED) is 0.592. The first-order valence-electron chi connectivity index (χ1n) is 7.00. The average Bonchev–Trinajstić information content (AvgIpc) is 2.49. The minimum absolute atomic E-state index is 0.116. The highest BCUT2D eigenvalue weighted by Gasteiger charge is 2.13. The number of nitrogens with one attached hydrogen (secondary N) is 2. The van der Waals surface area contributed by atoms with Crippen molar-refractivity contribution >= 4 is 17.3 Å². The van der Waals surface area contributed by atoms with Crippen LogP contribution in [-0.2, 0) is 0 Å². The molecule has 0 aliphatic rings. The van der Waals surface area contributed by atoms with E-state index in [1.54, 1.807) is 24.3 Å². The fourth-order valence-electron chi connectivity index (χ4n) is 2.25. The van der Waals surface area contributed by atoms with E-state index >= 15 is 0 Å². The van der Waals surface area contributed by atoms with Crippen molar-refractivity contribution < 1.29 is 4.79 Å². The van der Waals surface area contributed by atoms with E-state index in [0.29, 0.717) is 11.5 Å². The number of hydrogen-bond donors (Lipinski definition) is 3. The Morgan fingerprint density at radius 3 is 2.33 bits per heavy atom. The zero-order valence-electron chi connectivity index (χ0n) is 12.6. The third kappa shape index (κ3) is 3.41. The molecule has 0 bridgehead atoms. The van der Waals surface area contributed by atoms with Crippen LogP contribution in [0.25, 0.3) is 0 Å². The fraction of sp³-hybridized carbons (Fsp3) is 0.235. The second-order valence-electron chi connectivity index (χ2n) is 5.37. The Morgan fingerprint density at radius 2 is 1.76 bits per heavy atom. The molecule has 0 spiro atoms. The lowest BCUT2D eigenvalue weighted by molar-refractivity contribution is 0.102. The molecule has 4 N–H and O–H groups in total. The van der Waals surface area contributed by atoms with Gasteiger partial charge in [-0.25, -0.2) is 0 Å². The lowest BCUT2D eigenvalue weighted by atomic mass is 9.98. The number of nitrogens with two attached hydrogens (primary N) is 1. The monoisotopic (exact) mass is 283 g/mol. The van der Waals surface area contributed by atoms with Crippen LogP contribution in [0.5, 0.6) is 0 Å². The zero-order chi connectivity index (χ0) is 15.4.